The Morgan fingerprint density at radius 1 is 1.21 bits per heavy atom. The average molecular weight is 260 g/mol. The second-order valence-electron chi connectivity index (χ2n) is 1.49. The standard InChI is InChI=1S/C4H6O2.2Na.H2O4S2/c1-3(2)4(5)6;;;1-5(2)6(3)4/h1H2,2H3,(H,5,6);;;(H,1,2)(H,3,4)/q;2*+1;/p-2. The molecular formula is C4H6Na2O6S2. The van der Waals surface area contributed by atoms with Crippen molar-refractivity contribution in [3.63, 3.8) is 0 Å². The molecule has 10 heteroatoms. The molecule has 72 valence electrons. The molecule has 0 aromatic heterocycles. The number of rotatable bonds is 2. The first-order valence-corrected chi connectivity index (χ1v) is 5.03. The van der Waals surface area contributed by atoms with Gasteiger partial charge in [-0.2, -0.15) is 0 Å². The first kappa shape index (κ1) is 24.6. The Hall–Kier alpha value is 1.43. The molecule has 0 radical (unpaired) electrons. The zero-order chi connectivity index (χ0) is 10.3. The molecule has 0 aliphatic rings. The van der Waals surface area contributed by atoms with Crippen molar-refractivity contribution in [3.8, 4) is 0 Å². The van der Waals surface area contributed by atoms with Crippen molar-refractivity contribution in [1.82, 2.24) is 0 Å². The first-order valence-electron chi connectivity index (χ1n) is 2.36. The van der Waals surface area contributed by atoms with Crippen LogP contribution in [0.3, 0.4) is 0 Å². The van der Waals surface area contributed by atoms with Gasteiger partial charge in [-0.05, 0) is 6.92 Å². The van der Waals surface area contributed by atoms with Crippen LogP contribution in [0.15, 0.2) is 12.2 Å². The summed E-state index contributed by atoms with van der Waals surface area (Å²) in [4.78, 5) is 9.60. The minimum Gasteiger partial charge on any atom is -0.763 e. The molecule has 1 N–H and O–H groups in total. The molecule has 6 nitrogen and oxygen atoms in total. The summed E-state index contributed by atoms with van der Waals surface area (Å²) in [5.41, 5.74) is 0.176. The number of carboxylic acids is 1. The van der Waals surface area contributed by atoms with E-state index in [0.29, 0.717) is 0 Å². The van der Waals surface area contributed by atoms with Crippen LogP contribution in [-0.2, 0) is 25.0 Å². The van der Waals surface area contributed by atoms with E-state index in [2.05, 4.69) is 6.58 Å². The van der Waals surface area contributed by atoms with Gasteiger partial charge < -0.3 is 14.2 Å². The number of hydrogen-bond acceptors (Lipinski definition) is 5. The summed E-state index contributed by atoms with van der Waals surface area (Å²) in [6, 6.07) is 0. The van der Waals surface area contributed by atoms with Gasteiger partial charge in [0, 0.05) is 25.8 Å². The fourth-order valence-electron chi connectivity index (χ4n) is 0. The Balaban J connectivity index is -0.0000000625. The molecule has 0 saturated heterocycles. The van der Waals surface area contributed by atoms with Gasteiger partial charge in [-0.3, -0.25) is 8.42 Å². The molecule has 0 aromatic carbocycles. The van der Waals surface area contributed by atoms with Gasteiger partial charge in [0.25, 0.3) is 0 Å². The second kappa shape index (κ2) is 14.4. The summed E-state index contributed by atoms with van der Waals surface area (Å²) in [5, 5.41) is 7.89. The molecule has 0 aliphatic carbocycles. The third-order valence-corrected chi connectivity index (χ3v) is 1.37. The normalized spacial score (nSPS) is 11.6. The molecular weight excluding hydrogens is 254 g/mol. The minimum atomic E-state index is -2.95. The molecule has 0 bridgehead atoms. The summed E-state index contributed by atoms with van der Waals surface area (Å²) >= 11 is 0. The third-order valence-electron chi connectivity index (χ3n) is 0.476. The quantitative estimate of drug-likeness (QED) is 0.228. The number of hydrogen-bond donors (Lipinski definition) is 1. The van der Waals surface area contributed by atoms with Crippen molar-refractivity contribution in [2.45, 2.75) is 6.92 Å². The Kier molecular flexibility index (Phi) is 25.3. The summed E-state index contributed by atoms with van der Waals surface area (Å²) in [7, 11) is -5.90. The van der Waals surface area contributed by atoms with E-state index in [-0.39, 0.29) is 64.7 Å². The fraction of sp³-hybridized carbons (Fsp3) is 0.250. The van der Waals surface area contributed by atoms with Gasteiger partial charge in [-0.25, -0.2) is 4.79 Å². The van der Waals surface area contributed by atoms with Gasteiger partial charge in [-0.15, -0.1) is 0 Å². The first-order chi connectivity index (χ1) is 5.29. The van der Waals surface area contributed by atoms with E-state index in [0.717, 1.165) is 0 Å². The van der Waals surface area contributed by atoms with Crippen LogP contribution in [0.1, 0.15) is 6.92 Å². The van der Waals surface area contributed by atoms with Gasteiger partial charge in [0.1, 0.15) is 0 Å². The summed E-state index contributed by atoms with van der Waals surface area (Å²) < 4.78 is 36.3. The molecule has 0 aromatic rings. The van der Waals surface area contributed by atoms with Crippen molar-refractivity contribution in [3.05, 3.63) is 12.2 Å². The van der Waals surface area contributed by atoms with Crippen LogP contribution in [0.5, 0.6) is 0 Å². The molecule has 2 unspecified atom stereocenters. The number of aliphatic carboxylic acids is 1. The number of carboxylic acid groups (broad SMARTS) is 1. The van der Waals surface area contributed by atoms with Gasteiger partial charge in [-0.1, -0.05) is 6.58 Å². The molecule has 0 aliphatic heterocycles. The van der Waals surface area contributed by atoms with Crippen molar-refractivity contribution in [2.75, 3.05) is 0 Å². The predicted molar refractivity (Wildman–Crippen MR) is 40.3 cm³/mol. The van der Waals surface area contributed by atoms with E-state index in [1.54, 1.807) is 0 Å². The third kappa shape index (κ3) is 23.3. The molecule has 0 saturated carbocycles. The SMILES string of the molecule is C=C(C)C(=O)O.O=S([O-])S(=O)[O-].[Na+].[Na+]. The van der Waals surface area contributed by atoms with Crippen LogP contribution < -0.4 is 59.1 Å². The summed E-state index contributed by atoms with van der Waals surface area (Å²) in [6.07, 6.45) is 0. The molecule has 0 fully saturated rings. The second-order valence-corrected chi connectivity index (χ2v) is 3.94. The maximum atomic E-state index is 9.60. The zero-order valence-electron chi connectivity index (χ0n) is 8.01. The molecule has 2 atom stereocenters. The summed E-state index contributed by atoms with van der Waals surface area (Å²) in [5.74, 6) is -0.935. The van der Waals surface area contributed by atoms with E-state index in [4.69, 9.17) is 22.6 Å². The van der Waals surface area contributed by atoms with Crippen LogP contribution in [0.2, 0.25) is 0 Å². The van der Waals surface area contributed by atoms with Crippen LogP contribution in [0.4, 0.5) is 0 Å². The Morgan fingerprint density at radius 2 is 1.36 bits per heavy atom. The molecule has 0 rings (SSSR count). The largest absolute Gasteiger partial charge is 1.00 e. The van der Waals surface area contributed by atoms with E-state index in [9.17, 15) is 4.79 Å². The van der Waals surface area contributed by atoms with Crippen LogP contribution in [0.25, 0.3) is 0 Å². The zero-order valence-corrected chi connectivity index (χ0v) is 13.6. The Labute approximate surface area is 130 Å². The molecule has 14 heavy (non-hydrogen) atoms. The maximum absolute atomic E-state index is 9.60. The van der Waals surface area contributed by atoms with Gasteiger partial charge >= 0.3 is 65.1 Å². The van der Waals surface area contributed by atoms with E-state index < -0.39 is 26.2 Å². The van der Waals surface area contributed by atoms with Gasteiger partial charge in [0.15, 0.2) is 0 Å². The minimum absolute atomic E-state index is 0. The molecule has 0 amide bonds. The van der Waals surface area contributed by atoms with Crippen molar-refractivity contribution < 1.29 is 86.5 Å². The van der Waals surface area contributed by atoms with Gasteiger partial charge in [0.05, 0.1) is 0 Å². The molecule has 0 spiro atoms. The average Bonchev–Trinajstić information content (AvgIpc) is 1.88. The van der Waals surface area contributed by atoms with E-state index >= 15 is 0 Å². The van der Waals surface area contributed by atoms with Crippen molar-refractivity contribution >= 4 is 26.2 Å². The monoisotopic (exact) mass is 260 g/mol. The van der Waals surface area contributed by atoms with Crippen LogP contribution in [0, 0.1) is 0 Å². The van der Waals surface area contributed by atoms with Crippen molar-refractivity contribution in [2.24, 2.45) is 0 Å². The Morgan fingerprint density at radius 3 is 1.36 bits per heavy atom. The predicted octanol–water partition coefficient (Wildman–Crippen LogP) is -6.69. The van der Waals surface area contributed by atoms with Crippen LogP contribution >= 0.6 is 0 Å². The van der Waals surface area contributed by atoms with Crippen LogP contribution in [-0.4, -0.2) is 28.6 Å². The van der Waals surface area contributed by atoms with E-state index in [1.165, 1.54) is 6.92 Å². The molecule has 0 heterocycles. The Bertz CT molecular complexity index is 182. The smallest absolute Gasteiger partial charge is 0.763 e. The van der Waals surface area contributed by atoms with Gasteiger partial charge in [0.2, 0.25) is 0 Å². The fourth-order valence-corrected chi connectivity index (χ4v) is 0. The van der Waals surface area contributed by atoms with Crippen molar-refractivity contribution in [1.29, 1.82) is 0 Å². The maximum Gasteiger partial charge on any atom is 1.00 e. The topological polar surface area (TPSA) is 118 Å². The van der Waals surface area contributed by atoms with E-state index in [1.807, 2.05) is 0 Å². The summed E-state index contributed by atoms with van der Waals surface area (Å²) in [6.45, 7) is 4.60. The number of carbonyl (C=O) groups is 1.